The summed E-state index contributed by atoms with van der Waals surface area (Å²) in [6, 6.07) is 6.31. The maximum atomic E-state index is 13.9. The van der Waals surface area contributed by atoms with Crippen molar-refractivity contribution >= 4 is 105 Å². The zero-order valence-corrected chi connectivity index (χ0v) is 49.0. The molecule has 0 radical (unpaired) electrons. The molecule has 0 aliphatic carbocycles. The number of benzene rings is 2. The Bertz CT molecular complexity index is 1520. The first-order chi connectivity index (χ1) is 30.5. The van der Waals surface area contributed by atoms with Gasteiger partial charge in [-0.25, -0.2) is 8.42 Å². The van der Waals surface area contributed by atoms with E-state index in [1.807, 2.05) is 0 Å². The molecule has 2 atom stereocenters. The Hall–Kier alpha value is 0.790. The molecule has 13 heteroatoms. The Balaban J connectivity index is 1.68. The predicted molar refractivity (Wildman–Crippen MR) is 288 cm³/mol. The van der Waals surface area contributed by atoms with Crippen molar-refractivity contribution < 1.29 is 27.4 Å². The summed E-state index contributed by atoms with van der Waals surface area (Å²) >= 11 is 21.5. The summed E-state index contributed by atoms with van der Waals surface area (Å²) in [6.07, 6.45) is 37.2. The van der Waals surface area contributed by atoms with E-state index in [0.717, 1.165) is 19.4 Å². The lowest BCUT2D eigenvalue weighted by Crippen LogP contribution is -2.24. The first-order valence-electron chi connectivity index (χ1n) is 24.4. The highest BCUT2D eigenvalue weighted by Gasteiger charge is 2.25. The summed E-state index contributed by atoms with van der Waals surface area (Å²) in [7, 11) is -3.89. The Labute approximate surface area is 435 Å². The van der Waals surface area contributed by atoms with Crippen LogP contribution in [0.3, 0.4) is 0 Å². The third-order valence-electron chi connectivity index (χ3n) is 11.4. The molecule has 0 aromatic heterocycles. The van der Waals surface area contributed by atoms with Crippen LogP contribution in [0.5, 0.6) is 11.5 Å². The van der Waals surface area contributed by atoms with Gasteiger partial charge in [0.1, 0.15) is 30.8 Å². The third-order valence-corrected chi connectivity index (χ3v) is 16.7. The van der Waals surface area contributed by atoms with E-state index in [9.17, 15) is 8.42 Å². The van der Waals surface area contributed by atoms with Crippen LogP contribution in [0, 0.1) is 0 Å². The lowest BCUT2D eigenvalue weighted by atomic mass is 10.0. The Morgan fingerprint density at radius 1 is 0.460 bits per heavy atom. The molecule has 2 unspecified atom stereocenters. The van der Waals surface area contributed by atoms with E-state index in [2.05, 4.69) is 109 Å². The first kappa shape index (κ1) is 59.9. The van der Waals surface area contributed by atoms with Gasteiger partial charge < -0.3 is 18.9 Å². The quantitative estimate of drug-likeness (QED) is 0.0487. The molecule has 2 aromatic rings. The topological polar surface area (TPSA) is 71.1 Å². The summed E-state index contributed by atoms with van der Waals surface area (Å²) in [4.78, 5) is 0.250. The number of hydrogen-bond donors (Lipinski definition) is 0. The van der Waals surface area contributed by atoms with Crippen molar-refractivity contribution in [2.45, 2.75) is 214 Å². The zero-order chi connectivity index (χ0) is 46.0. The standard InChI is InChI=1S/C50H80Br6O6S/c1-3-5-7-9-11-13-15-17-19-21-23-25-27-29-31-59-38-41(52)39-61-49-45(53)33-43(34-46(49)54)63(57,58)44-35-47(55)50(48(56)36-44)62-40-42(37-51)60-32-30-28-26-24-22-20-18-16-14-12-10-8-6-4-2/h33-36,41-42H,3-32,37-40H2,1-2H3. The van der Waals surface area contributed by atoms with Crippen LogP contribution in [0.25, 0.3) is 0 Å². The molecule has 0 bridgehead atoms. The molecular weight excluding hydrogens is 1210 g/mol. The summed E-state index contributed by atoms with van der Waals surface area (Å²) in [5.41, 5.74) is 0. The van der Waals surface area contributed by atoms with Crippen molar-refractivity contribution in [1.82, 2.24) is 0 Å². The van der Waals surface area contributed by atoms with Gasteiger partial charge in [-0.05, 0) is 101 Å². The van der Waals surface area contributed by atoms with Gasteiger partial charge >= 0.3 is 0 Å². The van der Waals surface area contributed by atoms with Crippen LogP contribution in [-0.2, 0) is 19.3 Å². The third kappa shape index (κ3) is 27.5. The van der Waals surface area contributed by atoms with Gasteiger partial charge in [-0.1, -0.05) is 213 Å². The molecule has 0 spiro atoms. The molecule has 63 heavy (non-hydrogen) atoms. The highest BCUT2D eigenvalue weighted by atomic mass is 79.9. The van der Waals surface area contributed by atoms with Gasteiger partial charge in [0.15, 0.2) is 0 Å². The summed E-state index contributed by atoms with van der Waals surface area (Å²) in [5.74, 6) is 1.06. The Morgan fingerprint density at radius 2 is 0.778 bits per heavy atom. The lowest BCUT2D eigenvalue weighted by molar-refractivity contribution is 0.0335. The normalized spacial score (nSPS) is 12.8. The van der Waals surface area contributed by atoms with E-state index in [1.165, 1.54) is 167 Å². The zero-order valence-electron chi connectivity index (χ0n) is 38.6. The fourth-order valence-electron chi connectivity index (χ4n) is 7.49. The number of halogens is 6. The smallest absolute Gasteiger partial charge is 0.206 e. The van der Waals surface area contributed by atoms with Gasteiger partial charge in [-0.15, -0.1) is 0 Å². The minimum atomic E-state index is -3.89. The molecule has 0 fully saturated rings. The average Bonchev–Trinajstić information content (AvgIpc) is 3.26. The molecule has 0 saturated heterocycles. The van der Waals surface area contributed by atoms with E-state index in [0.29, 0.717) is 61.1 Å². The molecule has 6 nitrogen and oxygen atoms in total. The van der Waals surface area contributed by atoms with E-state index < -0.39 is 9.84 Å². The fourth-order valence-corrected chi connectivity index (χ4v) is 13.0. The van der Waals surface area contributed by atoms with Crippen LogP contribution in [0.4, 0.5) is 0 Å². The summed E-state index contributed by atoms with van der Waals surface area (Å²) in [6.45, 7) is 7.21. The maximum Gasteiger partial charge on any atom is 0.206 e. The lowest BCUT2D eigenvalue weighted by Gasteiger charge is -2.19. The minimum Gasteiger partial charge on any atom is -0.490 e. The minimum absolute atomic E-state index is 0.00734. The summed E-state index contributed by atoms with van der Waals surface area (Å²) < 4.78 is 54.2. The van der Waals surface area contributed by atoms with E-state index in [4.69, 9.17) is 18.9 Å². The predicted octanol–water partition coefficient (Wildman–Crippen LogP) is 18.8. The van der Waals surface area contributed by atoms with Crippen LogP contribution in [-0.4, -0.2) is 57.7 Å². The van der Waals surface area contributed by atoms with E-state index in [1.54, 1.807) is 24.3 Å². The van der Waals surface area contributed by atoms with E-state index >= 15 is 0 Å². The van der Waals surface area contributed by atoms with E-state index in [-0.39, 0.29) is 20.7 Å². The molecule has 2 aromatic carbocycles. The summed E-state index contributed by atoms with van der Waals surface area (Å²) in [5, 5.41) is 0.639. The SMILES string of the molecule is CCCCCCCCCCCCCCCCOCC(Br)COc1c(Br)cc(S(=O)(=O)c2cc(Br)c(OCC(CBr)OCCCCCCCCCCCCCCCC)c(Br)c2)cc1Br. The first-order valence-corrected chi connectivity index (χ1v) is 31.1. The second kappa shape index (κ2) is 38.6. The van der Waals surface area contributed by atoms with Crippen molar-refractivity contribution in [1.29, 1.82) is 0 Å². The van der Waals surface area contributed by atoms with Crippen molar-refractivity contribution in [3.63, 3.8) is 0 Å². The van der Waals surface area contributed by atoms with Gasteiger partial charge in [0.05, 0.1) is 39.1 Å². The molecule has 0 amide bonds. The number of unbranched alkanes of at least 4 members (excludes halogenated alkanes) is 26. The second-order valence-electron chi connectivity index (χ2n) is 17.1. The molecule has 0 aliphatic heterocycles. The average molecular weight is 1290 g/mol. The molecule has 364 valence electrons. The van der Waals surface area contributed by atoms with Gasteiger partial charge in [0, 0.05) is 18.5 Å². The molecule has 0 saturated carbocycles. The van der Waals surface area contributed by atoms with Gasteiger partial charge in [-0.2, -0.15) is 0 Å². The number of sulfone groups is 1. The highest BCUT2D eigenvalue weighted by Crippen LogP contribution is 2.41. The second-order valence-corrected chi connectivity index (χ2v) is 24.4. The fraction of sp³-hybridized carbons (Fsp3) is 0.760. The number of rotatable bonds is 42. The van der Waals surface area contributed by atoms with Crippen molar-refractivity contribution in [3.8, 4) is 11.5 Å². The Morgan fingerprint density at radius 3 is 1.13 bits per heavy atom. The Kier molecular flexibility index (Phi) is 36.7. The van der Waals surface area contributed by atoms with Crippen LogP contribution < -0.4 is 9.47 Å². The van der Waals surface area contributed by atoms with Crippen LogP contribution in [0.15, 0.2) is 51.9 Å². The number of hydrogen-bond acceptors (Lipinski definition) is 6. The number of ether oxygens (including phenoxy) is 4. The largest absolute Gasteiger partial charge is 0.490 e. The molecular formula is C50H80Br6O6S. The maximum absolute atomic E-state index is 13.9. The van der Waals surface area contributed by atoms with Crippen LogP contribution in [0.2, 0.25) is 0 Å². The monoisotopic (exact) mass is 1280 g/mol. The van der Waals surface area contributed by atoms with Crippen LogP contribution >= 0.6 is 95.6 Å². The highest BCUT2D eigenvalue weighted by molar-refractivity contribution is 9.11. The molecule has 0 aliphatic rings. The van der Waals surface area contributed by atoms with Crippen molar-refractivity contribution in [2.24, 2.45) is 0 Å². The van der Waals surface area contributed by atoms with Crippen molar-refractivity contribution in [3.05, 3.63) is 42.2 Å². The molecule has 2 rings (SSSR count). The van der Waals surface area contributed by atoms with Crippen molar-refractivity contribution in [2.75, 3.05) is 38.4 Å². The van der Waals surface area contributed by atoms with Gasteiger partial charge in [0.2, 0.25) is 9.84 Å². The molecule has 0 N–H and O–H groups in total. The molecule has 0 heterocycles. The van der Waals surface area contributed by atoms with Gasteiger partial charge in [0.25, 0.3) is 0 Å². The van der Waals surface area contributed by atoms with Gasteiger partial charge in [-0.3, -0.25) is 0 Å². The number of alkyl halides is 2. The van der Waals surface area contributed by atoms with Crippen LogP contribution in [0.1, 0.15) is 194 Å².